The highest BCUT2D eigenvalue weighted by atomic mass is 35.5. The third-order valence-corrected chi connectivity index (χ3v) is 6.20. The quantitative estimate of drug-likeness (QED) is 0.602. The molecule has 0 saturated heterocycles. The van der Waals surface area contributed by atoms with Crippen molar-refractivity contribution >= 4 is 21.6 Å². The van der Waals surface area contributed by atoms with Gasteiger partial charge in [0.2, 0.25) is 10.0 Å². The molecule has 2 heterocycles. The van der Waals surface area contributed by atoms with Crippen molar-refractivity contribution in [2.75, 3.05) is 6.26 Å². The molecule has 0 amide bonds. The Morgan fingerprint density at radius 1 is 1.03 bits per heavy atom. The number of para-hydroxylation sites is 1. The molecule has 4 rings (SSSR count). The first-order chi connectivity index (χ1) is 13.6. The topological polar surface area (TPSA) is 55.2 Å². The minimum Gasteiger partial charge on any atom is -0.232 e. The average Bonchev–Trinajstić information content (AvgIpc) is 3.20. The van der Waals surface area contributed by atoms with Crippen LogP contribution in [0.2, 0.25) is 5.02 Å². The number of hydrogen-bond acceptors (Lipinski definition) is 3. The average molecular weight is 442 g/mol. The third-order valence-electron chi connectivity index (χ3n) is 4.75. The summed E-state index contributed by atoms with van der Waals surface area (Å²) in [7, 11) is -3.47. The fraction of sp³-hybridized carbons (Fsp3) is 0.211. The molecule has 10 heteroatoms. The number of nitrogens with zero attached hydrogens (tertiary/aromatic N) is 3. The maximum Gasteiger partial charge on any atom is 0.418 e. The standard InChI is InChI=1S/C19H15ClF3N3O2S/c1-29(27,28)25-10-14-16(11-25)24-26(18(14)12-6-8-13(20)9-7-12)17-5-3-2-4-15(17)19(21,22)23/h2-9H,10-11H2,1H3. The van der Waals surface area contributed by atoms with Crippen molar-refractivity contribution in [3.8, 4) is 16.9 Å². The van der Waals surface area contributed by atoms with Gasteiger partial charge in [-0.3, -0.25) is 0 Å². The van der Waals surface area contributed by atoms with Crippen molar-refractivity contribution in [3.05, 3.63) is 70.4 Å². The third kappa shape index (κ3) is 3.65. The summed E-state index contributed by atoms with van der Waals surface area (Å²) >= 11 is 5.96. The Labute approximate surface area is 170 Å². The zero-order valence-corrected chi connectivity index (χ0v) is 16.7. The van der Waals surface area contributed by atoms with E-state index in [1.807, 2.05) is 0 Å². The summed E-state index contributed by atoms with van der Waals surface area (Å²) in [6, 6.07) is 11.8. The maximum atomic E-state index is 13.6. The van der Waals surface area contributed by atoms with Crippen LogP contribution < -0.4 is 0 Å². The molecule has 0 fully saturated rings. The number of aromatic nitrogens is 2. The SMILES string of the molecule is CS(=O)(=O)N1Cc2nn(-c3ccccc3C(F)(F)F)c(-c3ccc(Cl)cc3)c2C1. The highest BCUT2D eigenvalue weighted by molar-refractivity contribution is 7.88. The number of hydrogen-bond donors (Lipinski definition) is 0. The Hall–Kier alpha value is -2.36. The predicted octanol–water partition coefficient (Wildman–Crippen LogP) is 4.49. The summed E-state index contributed by atoms with van der Waals surface area (Å²) in [5.74, 6) is 0. The molecule has 0 radical (unpaired) electrons. The van der Waals surface area contributed by atoms with Crippen molar-refractivity contribution in [2.45, 2.75) is 19.3 Å². The van der Waals surface area contributed by atoms with Gasteiger partial charge in [0.1, 0.15) is 0 Å². The number of halogens is 4. The molecular weight excluding hydrogens is 427 g/mol. The molecule has 29 heavy (non-hydrogen) atoms. The first-order valence-corrected chi connectivity index (χ1v) is 10.8. The summed E-state index contributed by atoms with van der Waals surface area (Å²) in [6.07, 6.45) is -3.48. The van der Waals surface area contributed by atoms with Gasteiger partial charge in [0, 0.05) is 22.7 Å². The normalized spacial score (nSPS) is 14.9. The van der Waals surface area contributed by atoms with Gasteiger partial charge in [-0.2, -0.15) is 22.6 Å². The van der Waals surface area contributed by atoms with Crippen molar-refractivity contribution in [2.24, 2.45) is 0 Å². The zero-order valence-electron chi connectivity index (χ0n) is 15.1. The Kier molecular flexibility index (Phi) is 4.71. The van der Waals surface area contributed by atoms with Crippen LogP contribution in [0, 0.1) is 0 Å². The van der Waals surface area contributed by atoms with Gasteiger partial charge in [0.05, 0.1) is 35.4 Å². The molecule has 1 aromatic heterocycles. The molecule has 152 valence electrons. The second-order valence-corrected chi connectivity index (χ2v) is 9.16. The van der Waals surface area contributed by atoms with Crippen LogP contribution in [-0.4, -0.2) is 28.8 Å². The lowest BCUT2D eigenvalue weighted by Gasteiger charge is -2.17. The highest BCUT2D eigenvalue weighted by Crippen LogP contribution is 2.39. The largest absolute Gasteiger partial charge is 0.418 e. The molecule has 0 N–H and O–H groups in total. The lowest BCUT2D eigenvalue weighted by Crippen LogP contribution is -2.25. The van der Waals surface area contributed by atoms with Crippen LogP contribution in [0.4, 0.5) is 13.2 Å². The van der Waals surface area contributed by atoms with E-state index in [9.17, 15) is 21.6 Å². The van der Waals surface area contributed by atoms with Crippen molar-refractivity contribution in [3.63, 3.8) is 0 Å². The lowest BCUT2D eigenvalue weighted by molar-refractivity contribution is -0.137. The summed E-state index contributed by atoms with van der Waals surface area (Å²) in [5, 5.41) is 4.85. The first-order valence-electron chi connectivity index (χ1n) is 8.54. The van der Waals surface area contributed by atoms with Gasteiger partial charge >= 0.3 is 6.18 Å². The van der Waals surface area contributed by atoms with E-state index >= 15 is 0 Å². The number of benzene rings is 2. The van der Waals surface area contributed by atoms with Crippen LogP contribution in [0.1, 0.15) is 16.8 Å². The summed E-state index contributed by atoms with van der Waals surface area (Å²) < 4.78 is 67.2. The number of alkyl halides is 3. The molecule has 0 spiro atoms. The fourth-order valence-electron chi connectivity index (χ4n) is 3.40. The molecule has 3 aromatic rings. The molecule has 0 unspecified atom stereocenters. The smallest absolute Gasteiger partial charge is 0.232 e. The second kappa shape index (κ2) is 6.86. The van der Waals surface area contributed by atoms with E-state index in [1.165, 1.54) is 27.2 Å². The lowest BCUT2D eigenvalue weighted by atomic mass is 10.1. The molecule has 5 nitrogen and oxygen atoms in total. The summed E-state index contributed by atoms with van der Waals surface area (Å²) in [6.45, 7) is 0.0518. The Bertz CT molecular complexity index is 1190. The van der Waals surface area contributed by atoms with Crippen LogP contribution in [-0.2, 0) is 29.3 Å². The predicted molar refractivity (Wildman–Crippen MR) is 103 cm³/mol. The molecule has 1 aliphatic heterocycles. The van der Waals surface area contributed by atoms with Gasteiger partial charge < -0.3 is 0 Å². The Morgan fingerprint density at radius 3 is 2.31 bits per heavy atom. The summed E-state index contributed by atoms with van der Waals surface area (Å²) in [5.41, 5.74) is 1.07. The summed E-state index contributed by atoms with van der Waals surface area (Å²) in [4.78, 5) is 0. The van der Waals surface area contributed by atoms with E-state index in [1.54, 1.807) is 24.3 Å². The molecule has 0 saturated carbocycles. The second-order valence-electron chi connectivity index (χ2n) is 6.74. The fourth-order valence-corrected chi connectivity index (χ4v) is 4.25. The van der Waals surface area contributed by atoms with Crippen molar-refractivity contribution in [1.29, 1.82) is 0 Å². The maximum absolute atomic E-state index is 13.6. The molecule has 0 aliphatic carbocycles. The number of rotatable bonds is 3. The van der Waals surface area contributed by atoms with E-state index in [4.69, 9.17) is 11.6 Å². The Morgan fingerprint density at radius 2 is 1.69 bits per heavy atom. The number of fused-ring (bicyclic) bond motifs is 1. The van der Waals surface area contributed by atoms with E-state index < -0.39 is 21.8 Å². The molecule has 0 bridgehead atoms. The van der Waals surface area contributed by atoms with Crippen LogP contribution in [0.25, 0.3) is 16.9 Å². The van der Waals surface area contributed by atoms with E-state index in [0.29, 0.717) is 27.5 Å². The van der Waals surface area contributed by atoms with Crippen molar-refractivity contribution in [1.82, 2.24) is 14.1 Å². The zero-order chi connectivity index (χ0) is 21.0. The first kappa shape index (κ1) is 19.9. The Balaban J connectivity index is 1.95. The van der Waals surface area contributed by atoms with Crippen LogP contribution in [0.5, 0.6) is 0 Å². The number of sulfonamides is 1. The van der Waals surface area contributed by atoms with E-state index in [2.05, 4.69) is 5.10 Å². The van der Waals surface area contributed by atoms with Crippen molar-refractivity contribution < 1.29 is 21.6 Å². The van der Waals surface area contributed by atoms with Gasteiger partial charge in [-0.15, -0.1) is 0 Å². The van der Waals surface area contributed by atoms with Gasteiger partial charge in [-0.25, -0.2) is 13.1 Å². The van der Waals surface area contributed by atoms with Crippen LogP contribution >= 0.6 is 11.6 Å². The van der Waals surface area contributed by atoms with Crippen LogP contribution in [0.3, 0.4) is 0 Å². The van der Waals surface area contributed by atoms with Crippen LogP contribution in [0.15, 0.2) is 48.5 Å². The minimum absolute atomic E-state index is 0.00986. The van der Waals surface area contributed by atoms with Gasteiger partial charge in [0.25, 0.3) is 0 Å². The van der Waals surface area contributed by atoms with Gasteiger partial charge in [0.15, 0.2) is 0 Å². The monoisotopic (exact) mass is 441 g/mol. The van der Waals surface area contributed by atoms with E-state index in [-0.39, 0.29) is 18.8 Å². The molecule has 2 aromatic carbocycles. The van der Waals surface area contributed by atoms with E-state index in [0.717, 1.165) is 12.3 Å². The molecule has 1 aliphatic rings. The molecule has 0 atom stereocenters. The van der Waals surface area contributed by atoms with Gasteiger partial charge in [-0.05, 0) is 24.3 Å². The van der Waals surface area contributed by atoms with Gasteiger partial charge in [-0.1, -0.05) is 35.9 Å². The highest BCUT2D eigenvalue weighted by Gasteiger charge is 2.37. The minimum atomic E-state index is -4.57. The molecular formula is C19H15ClF3N3O2S.